The predicted octanol–water partition coefficient (Wildman–Crippen LogP) is -2.23. The molecule has 0 unspecified atom stereocenters. The van der Waals surface area contributed by atoms with Crippen LogP contribution in [0, 0.1) is 0 Å². The Bertz CT molecular complexity index is 425. The second kappa shape index (κ2) is 12.2. The van der Waals surface area contributed by atoms with Crippen LogP contribution in [0.4, 0.5) is 0 Å². The number of aliphatic hydroxyl groups is 1. The second-order valence-electron chi connectivity index (χ2n) is 4.90. The maximum atomic E-state index is 11.6. The van der Waals surface area contributed by atoms with Crippen molar-refractivity contribution in [1.82, 2.24) is 9.80 Å². The Morgan fingerprint density at radius 3 is 1.54 bits per heavy atom. The van der Waals surface area contributed by atoms with E-state index in [1.807, 2.05) is 0 Å². The Morgan fingerprint density at radius 1 is 0.750 bits per heavy atom. The van der Waals surface area contributed by atoms with E-state index in [-0.39, 0.29) is 39.3 Å². The van der Waals surface area contributed by atoms with E-state index in [2.05, 4.69) is 0 Å². The van der Waals surface area contributed by atoms with Gasteiger partial charge in [0, 0.05) is 26.1 Å². The lowest BCUT2D eigenvalue weighted by atomic mass is 10.4. The van der Waals surface area contributed by atoms with Gasteiger partial charge in [0.25, 0.3) is 0 Å². The monoisotopic (exact) mass is 350 g/mol. The van der Waals surface area contributed by atoms with Crippen molar-refractivity contribution in [2.75, 3.05) is 52.5 Å². The highest BCUT2D eigenvalue weighted by atomic mass is 16.5. The fraction of sp³-hybridized carbons (Fsp3) is 0.692. The first-order chi connectivity index (χ1) is 11.2. The van der Waals surface area contributed by atoms with Gasteiger partial charge in [0.2, 0.25) is 0 Å². The zero-order valence-electron chi connectivity index (χ0n) is 13.1. The third-order valence-corrected chi connectivity index (χ3v) is 2.73. The van der Waals surface area contributed by atoms with Gasteiger partial charge in [0.05, 0.1) is 32.8 Å². The molecule has 0 saturated heterocycles. The Hall–Kier alpha value is -2.24. The van der Waals surface area contributed by atoms with Crippen LogP contribution < -0.4 is 0 Å². The van der Waals surface area contributed by atoms with Crippen LogP contribution in [0.25, 0.3) is 0 Å². The van der Waals surface area contributed by atoms with Gasteiger partial charge in [-0.2, -0.15) is 0 Å². The number of carboxylic acids is 3. The summed E-state index contributed by atoms with van der Waals surface area (Å²) in [4.78, 5) is 46.1. The van der Waals surface area contributed by atoms with Crippen LogP contribution in [0.1, 0.15) is 6.42 Å². The Balaban J connectivity index is 4.56. The normalized spacial score (nSPS) is 10.8. The topological polar surface area (TPSA) is 165 Å². The number of aliphatic hydroxyl groups excluding tert-OH is 1. The van der Waals surface area contributed by atoms with Gasteiger partial charge in [-0.05, 0) is 0 Å². The van der Waals surface area contributed by atoms with Crippen molar-refractivity contribution in [3.05, 3.63) is 0 Å². The molecule has 0 aliphatic heterocycles. The lowest BCUT2D eigenvalue weighted by Gasteiger charge is -2.24. The molecule has 0 aromatic heterocycles. The molecular weight excluding hydrogens is 328 g/mol. The highest BCUT2D eigenvalue weighted by molar-refractivity contribution is 5.74. The number of carbonyl (C=O) groups excluding carboxylic acids is 1. The van der Waals surface area contributed by atoms with Gasteiger partial charge >= 0.3 is 23.9 Å². The molecule has 0 amide bonds. The molecule has 0 atom stereocenters. The van der Waals surface area contributed by atoms with Crippen molar-refractivity contribution in [3.63, 3.8) is 0 Å². The summed E-state index contributed by atoms with van der Waals surface area (Å²) in [7, 11) is 0. The fourth-order valence-electron chi connectivity index (χ4n) is 1.76. The maximum absolute atomic E-state index is 11.6. The summed E-state index contributed by atoms with van der Waals surface area (Å²) in [5.74, 6) is -4.32. The molecule has 0 fully saturated rings. The maximum Gasteiger partial charge on any atom is 0.320 e. The molecule has 0 aromatic rings. The number of esters is 1. The smallest absolute Gasteiger partial charge is 0.320 e. The van der Waals surface area contributed by atoms with E-state index in [1.54, 1.807) is 0 Å². The molecule has 0 aliphatic carbocycles. The van der Waals surface area contributed by atoms with Crippen LogP contribution in [-0.2, 0) is 23.9 Å². The molecule has 0 heterocycles. The van der Waals surface area contributed by atoms with E-state index >= 15 is 0 Å². The van der Waals surface area contributed by atoms with Crippen molar-refractivity contribution >= 4 is 23.9 Å². The third kappa shape index (κ3) is 12.3. The minimum Gasteiger partial charge on any atom is -0.480 e. The Kier molecular flexibility index (Phi) is 11.1. The first kappa shape index (κ1) is 21.8. The van der Waals surface area contributed by atoms with Crippen molar-refractivity contribution in [3.8, 4) is 0 Å². The molecule has 11 heteroatoms. The molecule has 0 aliphatic rings. The number of rotatable bonds is 14. The van der Waals surface area contributed by atoms with Crippen molar-refractivity contribution in [2.45, 2.75) is 6.42 Å². The Labute approximate surface area is 138 Å². The van der Waals surface area contributed by atoms with E-state index in [4.69, 9.17) is 25.2 Å². The van der Waals surface area contributed by atoms with Crippen LogP contribution in [-0.4, -0.2) is 107 Å². The van der Waals surface area contributed by atoms with Crippen LogP contribution in [0.15, 0.2) is 0 Å². The predicted molar refractivity (Wildman–Crippen MR) is 78.4 cm³/mol. The molecule has 0 spiro atoms. The summed E-state index contributed by atoms with van der Waals surface area (Å²) < 4.78 is 4.80. The molecule has 0 rings (SSSR count). The molecule has 4 N–H and O–H groups in total. The van der Waals surface area contributed by atoms with Crippen molar-refractivity contribution in [1.29, 1.82) is 0 Å². The summed E-state index contributed by atoms with van der Waals surface area (Å²) in [5.41, 5.74) is 0. The van der Waals surface area contributed by atoms with Crippen LogP contribution >= 0.6 is 0 Å². The highest BCUT2D eigenvalue weighted by Crippen LogP contribution is 1.96. The molecule has 0 aromatic carbocycles. The molecule has 0 radical (unpaired) electrons. The summed E-state index contributed by atoms with van der Waals surface area (Å²) >= 11 is 0. The number of aliphatic carboxylic acids is 3. The SMILES string of the molecule is O=C(O)CN(CCN(CC(=O)O)CC(=O)OCCCO)CC(=O)O. The minimum absolute atomic E-state index is 0.000395. The van der Waals surface area contributed by atoms with E-state index in [0.717, 1.165) is 4.90 Å². The van der Waals surface area contributed by atoms with E-state index in [1.165, 1.54) is 4.90 Å². The van der Waals surface area contributed by atoms with E-state index in [0.29, 0.717) is 0 Å². The molecular formula is C13H22N2O9. The third-order valence-electron chi connectivity index (χ3n) is 2.73. The first-order valence-corrected chi connectivity index (χ1v) is 7.11. The Morgan fingerprint density at radius 2 is 1.17 bits per heavy atom. The van der Waals surface area contributed by atoms with Gasteiger partial charge in [-0.25, -0.2) is 0 Å². The number of ether oxygens (including phenoxy) is 1. The number of hydrogen-bond acceptors (Lipinski definition) is 8. The zero-order valence-corrected chi connectivity index (χ0v) is 13.1. The summed E-state index contributed by atoms with van der Waals surface area (Å²) in [6, 6.07) is 0. The first-order valence-electron chi connectivity index (χ1n) is 7.11. The number of carboxylic acid groups (broad SMARTS) is 3. The van der Waals surface area contributed by atoms with E-state index < -0.39 is 43.5 Å². The van der Waals surface area contributed by atoms with Crippen LogP contribution in [0.3, 0.4) is 0 Å². The number of nitrogens with zero attached hydrogens (tertiary/aromatic N) is 2. The number of hydrogen-bond donors (Lipinski definition) is 4. The summed E-state index contributed by atoms with van der Waals surface area (Å²) in [6.07, 6.45) is 0.260. The minimum atomic E-state index is -1.22. The fourth-order valence-corrected chi connectivity index (χ4v) is 1.76. The number of carbonyl (C=O) groups is 4. The van der Waals surface area contributed by atoms with Gasteiger partial charge < -0.3 is 25.2 Å². The van der Waals surface area contributed by atoms with Gasteiger partial charge in [0.15, 0.2) is 0 Å². The van der Waals surface area contributed by atoms with Gasteiger partial charge in [-0.1, -0.05) is 0 Å². The average molecular weight is 350 g/mol. The van der Waals surface area contributed by atoms with E-state index in [9.17, 15) is 19.2 Å². The lowest BCUT2D eigenvalue weighted by molar-refractivity contribution is -0.148. The van der Waals surface area contributed by atoms with Crippen LogP contribution in [0.2, 0.25) is 0 Å². The quantitative estimate of drug-likeness (QED) is 0.198. The van der Waals surface area contributed by atoms with Crippen molar-refractivity contribution in [2.24, 2.45) is 0 Å². The highest BCUT2D eigenvalue weighted by Gasteiger charge is 2.18. The zero-order chi connectivity index (χ0) is 18.5. The molecule has 0 saturated carbocycles. The molecule has 24 heavy (non-hydrogen) atoms. The second-order valence-corrected chi connectivity index (χ2v) is 4.90. The van der Waals surface area contributed by atoms with Gasteiger partial charge in [-0.15, -0.1) is 0 Å². The van der Waals surface area contributed by atoms with Gasteiger partial charge in [0.1, 0.15) is 0 Å². The molecule has 11 nitrogen and oxygen atoms in total. The lowest BCUT2D eigenvalue weighted by Crippen LogP contribution is -2.43. The van der Waals surface area contributed by atoms with Gasteiger partial charge in [-0.3, -0.25) is 29.0 Å². The van der Waals surface area contributed by atoms with Crippen molar-refractivity contribution < 1.29 is 44.3 Å². The molecule has 138 valence electrons. The standard InChI is InChI=1S/C13H22N2O9/c16-4-1-5-24-13(23)9-15(8-12(21)22)3-2-14(6-10(17)18)7-11(19)20/h16H,1-9H2,(H,17,18)(H,19,20)(H,21,22). The molecule has 0 bridgehead atoms. The largest absolute Gasteiger partial charge is 0.480 e. The summed E-state index contributed by atoms with van der Waals surface area (Å²) in [5, 5.41) is 34.9. The summed E-state index contributed by atoms with van der Waals surface area (Å²) in [6.45, 7) is -2.08. The average Bonchev–Trinajstić information content (AvgIpc) is 2.43. The van der Waals surface area contributed by atoms with Crippen LogP contribution in [0.5, 0.6) is 0 Å².